The van der Waals surface area contributed by atoms with Crippen LogP contribution in [0.2, 0.25) is 0 Å². The molecule has 0 radical (unpaired) electrons. The summed E-state index contributed by atoms with van der Waals surface area (Å²) in [5.74, 6) is -2.26. The first kappa shape index (κ1) is 12.9. The lowest BCUT2D eigenvalue weighted by atomic mass is 9.85. The summed E-state index contributed by atoms with van der Waals surface area (Å²) in [6, 6.07) is 0. The van der Waals surface area contributed by atoms with Gasteiger partial charge in [0.15, 0.2) is 0 Å². The number of esters is 1. The Kier molecular flexibility index (Phi) is 4.21. The van der Waals surface area contributed by atoms with Crippen LogP contribution in [-0.4, -0.2) is 24.1 Å². The first-order valence-electron chi connectivity index (χ1n) is 5.69. The van der Waals surface area contributed by atoms with Crippen LogP contribution in [0.3, 0.4) is 0 Å². The third kappa shape index (κ3) is 2.90. The van der Waals surface area contributed by atoms with Crippen molar-refractivity contribution in [2.24, 2.45) is 17.8 Å². The molecule has 1 aliphatic carbocycles. The fourth-order valence-corrected chi connectivity index (χ4v) is 1.86. The van der Waals surface area contributed by atoms with Crippen molar-refractivity contribution < 1.29 is 19.1 Å². The molecule has 0 aromatic heterocycles. The number of hydrogen-bond donors (Lipinski definition) is 0. The second-order valence-corrected chi connectivity index (χ2v) is 4.31. The summed E-state index contributed by atoms with van der Waals surface area (Å²) in [5, 5.41) is 0. The second kappa shape index (κ2) is 5.23. The Morgan fingerprint density at radius 1 is 1.31 bits per heavy atom. The van der Waals surface area contributed by atoms with Crippen molar-refractivity contribution in [2.45, 2.75) is 33.6 Å². The van der Waals surface area contributed by atoms with Gasteiger partial charge in [0.2, 0.25) is 0 Å². The molecule has 0 unspecified atom stereocenters. The summed E-state index contributed by atoms with van der Waals surface area (Å²) in [7, 11) is 0. The molecule has 1 rings (SSSR count). The smallest absolute Gasteiger partial charge is 0.317 e. The van der Waals surface area contributed by atoms with E-state index in [1.807, 2.05) is 0 Å². The average Bonchev–Trinajstić information content (AvgIpc) is 2.99. The molecule has 0 amide bonds. The molecule has 2 atom stereocenters. The van der Waals surface area contributed by atoms with Gasteiger partial charge in [-0.15, -0.1) is 0 Å². The summed E-state index contributed by atoms with van der Waals surface area (Å²) in [6.45, 7) is 4.89. The van der Waals surface area contributed by atoms with Crippen molar-refractivity contribution in [2.75, 3.05) is 6.61 Å². The van der Waals surface area contributed by atoms with Gasteiger partial charge in [-0.3, -0.25) is 14.4 Å². The van der Waals surface area contributed by atoms with Gasteiger partial charge in [0.05, 0.1) is 6.61 Å². The van der Waals surface area contributed by atoms with Crippen LogP contribution in [0.4, 0.5) is 0 Å². The number of carbonyl (C=O) groups excluding carboxylic acids is 3. The Labute approximate surface area is 95.3 Å². The molecule has 0 spiro atoms. The molecule has 0 N–H and O–H groups in total. The number of carbonyl (C=O) groups is 3. The van der Waals surface area contributed by atoms with E-state index in [1.165, 1.54) is 6.92 Å². The fraction of sp³-hybridized carbons (Fsp3) is 0.750. The van der Waals surface area contributed by atoms with E-state index in [0.717, 1.165) is 12.8 Å². The Hall–Kier alpha value is -1.19. The Morgan fingerprint density at radius 3 is 2.25 bits per heavy atom. The highest BCUT2D eigenvalue weighted by atomic mass is 16.5. The van der Waals surface area contributed by atoms with E-state index in [0.29, 0.717) is 0 Å². The zero-order valence-electron chi connectivity index (χ0n) is 9.99. The van der Waals surface area contributed by atoms with E-state index in [9.17, 15) is 14.4 Å². The molecule has 0 heterocycles. The fourth-order valence-electron chi connectivity index (χ4n) is 1.86. The average molecular weight is 226 g/mol. The number of Topliss-reactive ketones (excluding diaryl/α,β-unsaturated/α-hetero) is 2. The number of ether oxygens (including phenoxy) is 1. The minimum Gasteiger partial charge on any atom is -0.465 e. The third-order valence-electron chi connectivity index (χ3n) is 2.91. The summed E-state index contributed by atoms with van der Waals surface area (Å²) in [4.78, 5) is 34.8. The van der Waals surface area contributed by atoms with Gasteiger partial charge >= 0.3 is 5.97 Å². The Bertz CT molecular complexity index is 304. The monoisotopic (exact) mass is 226 g/mol. The van der Waals surface area contributed by atoms with Crippen LogP contribution < -0.4 is 0 Å². The van der Waals surface area contributed by atoms with Crippen molar-refractivity contribution in [1.82, 2.24) is 0 Å². The zero-order chi connectivity index (χ0) is 12.3. The predicted octanol–water partition coefficient (Wildman–Crippen LogP) is 1.37. The van der Waals surface area contributed by atoms with Crippen LogP contribution in [0.5, 0.6) is 0 Å². The summed E-state index contributed by atoms with van der Waals surface area (Å²) in [6.07, 6.45) is 1.77. The third-order valence-corrected chi connectivity index (χ3v) is 2.91. The highest BCUT2D eigenvalue weighted by Gasteiger charge is 2.41. The van der Waals surface area contributed by atoms with Gasteiger partial charge in [0, 0.05) is 11.8 Å². The van der Waals surface area contributed by atoms with Gasteiger partial charge in [-0.2, -0.15) is 0 Å². The van der Waals surface area contributed by atoms with Gasteiger partial charge in [0.25, 0.3) is 0 Å². The number of ketones is 2. The predicted molar refractivity (Wildman–Crippen MR) is 57.7 cm³/mol. The van der Waals surface area contributed by atoms with Crippen molar-refractivity contribution >= 4 is 17.5 Å². The Morgan fingerprint density at radius 2 is 1.88 bits per heavy atom. The molecule has 0 aromatic carbocycles. The normalized spacial score (nSPS) is 18.7. The van der Waals surface area contributed by atoms with E-state index in [4.69, 9.17) is 4.74 Å². The molecule has 0 saturated heterocycles. The van der Waals surface area contributed by atoms with Crippen molar-refractivity contribution in [3.8, 4) is 0 Å². The maximum atomic E-state index is 11.8. The molecule has 1 fully saturated rings. The van der Waals surface area contributed by atoms with Gasteiger partial charge < -0.3 is 4.74 Å². The molecule has 0 aromatic rings. The highest BCUT2D eigenvalue weighted by molar-refractivity contribution is 6.03. The zero-order valence-corrected chi connectivity index (χ0v) is 9.99. The van der Waals surface area contributed by atoms with Gasteiger partial charge in [0.1, 0.15) is 17.5 Å². The molecule has 1 aliphatic rings. The lowest BCUT2D eigenvalue weighted by molar-refractivity contribution is -0.155. The van der Waals surface area contributed by atoms with Crippen LogP contribution in [0.25, 0.3) is 0 Å². The van der Waals surface area contributed by atoms with E-state index in [2.05, 4.69) is 0 Å². The minimum absolute atomic E-state index is 0.0215. The van der Waals surface area contributed by atoms with Gasteiger partial charge in [-0.25, -0.2) is 0 Å². The van der Waals surface area contributed by atoms with E-state index in [1.54, 1.807) is 13.8 Å². The molecule has 1 saturated carbocycles. The molecule has 0 bridgehead atoms. The van der Waals surface area contributed by atoms with Crippen LogP contribution in [0.1, 0.15) is 33.6 Å². The van der Waals surface area contributed by atoms with E-state index >= 15 is 0 Å². The summed E-state index contributed by atoms with van der Waals surface area (Å²) >= 11 is 0. The molecular formula is C12H18O4. The molecule has 4 nitrogen and oxygen atoms in total. The molecule has 16 heavy (non-hydrogen) atoms. The van der Waals surface area contributed by atoms with Crippen LogP contribution in [-0.2, 0) is 19.1 Å². The van der Waals surface area contributed by atoms with E-state index in [-0.39, 0.29) is 24.1 Å². The lowest BCUT2D eigenvalue weighted by Crippen LogP contribution is -2.35. The SMILES string of the molecule is CCOC(=O)[C@@H](C(C)=O)[C@H](C)C(=O)C1CC1. The maximum Gasteiger partial charge on any atom is 0.317 e. The van der Waals surface area contributed by atoms with E-state index < -0.39 is 17.8 Å². The van der Waals surface area contributed by atoms with Crippen LogP contribution in [0, 0.1) is 17.8 Å². The van der Waals surface area contributed by atoms with Crippen molar-refractivity contribution in [3.05, 3.63) is 0 Å². The number of hydrogen-bond acceptors (Lipinski definition) is 4. The Balaban J connectivity index is 2.71. The maximum absolute atomic E-state index is 11.8. The summed E-state index contributed by atoms with van der Waals surface area (Å²) in [5.41, 5.74) is 0. The molecule has 90 valence electrons. The minimum atomic E-state index is -0.923. The first-order chi connectivity index (χ1) is 7.49. The molecule has 0 aliphatic heterocycles. The summed E-state index contributed by atoms with van der Waals surface area (Å²) < 4.78 is 4.82. The van der Waals surface area contributed by atoms with Gasteiger partial charge in [-0.1, -0.05) is 6.92 Å². The van der Waals surface area contributed by atoms with Crippen molar-refractivity contribution in [3.63, 3.8) is 0 Å². The lowest BCUT2D eigenvalue weighted by Gasteiger charge is -2.18. The van der Waals surface area contributed by atoms with Gasteiger partial charge in [-0.05, 0) is 26.7 Å². The van der Waals surface area contributed by atoms with Crippen molar-refractivity contribution in [1.29, 1.82) is 0 Å². The molecule has 4 heteroatoms. The first-order valence-corrected chi connectivity index (χ1v) is 5.69. The topological polar surface area (TPSA) is 60.4 Å². The largest absolute Gasteiger partial charge is 0.465 e. The standard InChI is InChI=1S/C12H18O4/c1-4-16-12(15)10(8(3)13)7(2)11(14)9-5-6-9/h7,9-10H,4-6H2,1-3H3/t7-,10+/m0/s1. The van der Waals surface area contributed by atoms with Crippen LogP contribution in [0.15, 0.2) is 0 Å². The van der Waals surface area contributed by atoms with Crippen LogP contribution >= 0.6 is 0 Å². The highest BCUT2D eigenvalue weighted by Crippen LogP contribution is 2.34. The quantitative estimate of drug-likeness (QED) is 0.507. The molecular weight excluding hydrogens is 208 g/mol. The number of rotatable bonds is 6. The second-order valence-electron chi connectivity index (χ2n) is 4.31.